The molecule has 23 heavy (non-hydrogen) atoms. The molecule has 0 spiro atoms. The van der Waals surface area contributed by atoms with Gasteiger partial charge < -0.3 is 10.1 Å². The molecule has 2 heterocycles. The highest BCUT2D eigenvalue weighted by Crippen LogP contribution is 2.18. The topological polar surface area (TPSA) is 69.0 Å². The second kappa shape index (κ2) is 7.06. The lowest BCUT2D eigenvalue weighted by Gasteiger charge is -2.13. The molecule has 1 N–H and O–H groups in total. The Labute approximate surface area is 137 Å². The van der Waals surface area contributed by atoms with Crippen LogP contribution in [0.15, 0.2) is 54.4 Å². The number of benzene rings is 1. The number of ether oxygens (including phenoxy) is 1. The first kappa shape index (κ1) is 15.2. The van der Waals surface area contributed by atoms with Crippen molar-refractivity contribution in [3.05, 3.63) is 59.3 Å². The van der Waals surface area contributed by atoms with Crippen LogP contribution in [0.1, 0.15) is 17.8 Å². The second-order valence-electron chi connectivity index (χ2n) is 4.93. The Hall–Kier alpha value is -2.67. The summed E-state index contributed by atoms with van der Waals surface area (Å²) in [5.74, 6) is 0.485. The molecule has 0 radical (unpaired) electrons. The molecule has 0 saturated carbocycles. The van der Waals surface area contributed by atoms with Crippen molar-refractivity contribution in [2.45, 2.75) is 13.0 Å². The van der Waals surface area contributed by atoms with Gasteiger partial charge in [-0.2, -0.15) is 5.10 Å². The van der Waals surface area contributed by atoms with Gasteiger partial charge in [-0.3, -0.25) is 4.79 Å². The molecule has 0 bridgehead atoms. The summed E-state index contributed by atoms with van der Waals surface area (Å²) in [6.07, 6.45) is 3.10. The van der Waals surface area contributed by atoms with Crippen molar-refractivity contribution in [1.82, 2.24) is 20.1 Å². The third-order valence-corrected chi connectivity index (χ3v) is 4.29. The van der Waals surface area contributed by atoms with Gasteiger partial charge in [-0.1, -0.05) is 6.07 Å². The third kappa shape index (κ3) is 3.95. The van der Waals surface area contributed by atoms with Crippen molar-refractivity contribution >= 4 is 17.2 Å². The highest BCUT2D eigenvalue weighted by atomic mass is 32.1. The third-order valence-electron chi connectivity index (χ3n) is 3.24. The van der Waals surface area contributed by atoms with Gasteiger partial charge >= 0.3 is 0 Å². The molecule has 0 aliphatic heterocycles. The van der Waals surface area contributed by atoms with Crippen LogP contribution >= 0.6 is 11.3 Å². The van der Waals surface area contributed by atoms with Crippen molar-refractivity contribution in [2.75, 3.05) is 6.61 Å². The fourth-order valence-corrected chi connectivity index (χ4v) is 2.81. The van der Waals surface area contributed by atoms with Crippen molar-refractivity contribution in [2.24, 2.45) is 0 Å². The molecule has 1 atom stereocenters. The van der Waals surface area contributed by atoms with Crippen LogP contribution in [-0.2, 0) is 4.79 Å². The van der Waals surface area contributed by atoms with Gasteiger partial charge in [0.15, 0.2) is 6.61 Å². The minimum absolute atomic E-state index is 0.0132. The van der Waals surface area contributed by atoms with E-state index in [2.05, 4.69) is 15.4 Å². The number of aromatic nitrogens is 3. The Kier molecular flexibility index (Phi) is 4.68. The number of carbonyl (C=O) groups is 1. The zero-order chi connectivity index (χ0) is 16.1. The van der Waals surface area contributed by atoms with E-state index < -0.39 is 0 Å². The van der Waals surface area contributed by atoms with Gasteiger partial charge in [-0.05, 0) is 42.6 Å². The zero-order valence-electron chi connectivity index (χ0n) is 12.5. The van der Waals surface area contributed by atoms with E-state index in [1.165, 1.54) is 6.33 Å². The molecule has 1 amide bonds. The molecule has 118 valence electrons. The summed E-state index contributed by atoms with van der Waals surface area (Å²) < 4.78 is 7.16. The van der Waals surface area contributed by atoms with Crippen molar-refractivity contribution in [3.8, 4) is 11.4 Å². The van der Waals surface area contributed by atoms with Crippen LogP contribution in [-0.4, -0.2) is 27.3 Å². The van der Waals surface area contributed by atoms with Gasteiger partial charge in [0.2, 0.25) is 0 Å². The van der Waals surface area contributed by atoms with E-state index in [0.717, 1.165) is 10.6 Å². The summed E-state index contributed by atoms with van der Waals surface area (Å²) in [6, 6.07) is 11.3. The number of nitrogens with one attached hydrogen (secondary N) is 1. The van der Waals surface area contributed by atoms with Crippen LogP contribution in [0.5, 0.6) is 5.75 Å². The lowest BCUT2D eigenvalue weighted by atomic mass is 10.3. The summed E-state index contributed by atoms with van der Waals surface area (Å²) in [5, 5.41) is 8.95. The van der Waals surface area contributed by atoms with Crippen LogP contribution in [0.4, 0.5) is 0 Å². The predicted molar refractivity (Wildman–Crippen MR) is 87.7 cm³/mol. The van der Waals surface area contributed by atoms with Crippen molar-refractivity contribution < 1.29 is 9.53 Å². The van der Waals surface area contributed by atoms with Crippen molar-refractivity contribution in [3.63, 3.8) is 0 Å². The molecule has 0 saturated heterocycles. The summed E-state index contributed by atoms with van der Waals surface area (Å²) in [6.45, 7) is 1.94. The van der Waals surface area contributed by atoms with E-state index in [9.17, 15) is 4.79 Å². The van der Waals surface area contributed by atoms with Crippen molar-refractivity contribution in [1.29, 1.82) is 0 Å². The van der Waals surface area contributed by atoms with E-state index in [0.29, 0.717) is 5.75 Å². The van der Waals surface area contributed by atoms with Gasteiger partial charge in [0.25, 0.3) is 5.91 Å². The number of rotatable bonds is 6. The Morgan fingerprint density at radius 1 is 1.35 bits per heavy atom. The monoisotopic (exact) mass is 328 g/mol. The lowest BCUT2D eigenvalue weighted by Crippen LogP contribution is -2.30. The summed E-state index contributed by atoms with van der Waals surface area (Å²) in [5.41, 5.74) is 0.880. The molecule has 3 aromatic rings. The lowest BCUT2D eigenvalue weighted by molar-refractivity contribution is -0.123. The normalized spacial score (nSPS) is 11.9. The molecule has 7 heteroatoms. The number of amides is 1. The SMILES string of the molecule is C[C@H](NC(=O)COc1ccc(-n2cncn2)cc1)c1cccs1. The zero-order valence-corrected chi connectivity index (χ0v) is 13.4. The Balaban J connectivity index is 1.51. The minimum atomic E-state index is -0.147. The molecule has 6 nitrogen and oxygen atoms in total. The van der Waals surface area contributed by atoms with E-state index >= 15 is 0 Å². The quantitative estimate of drug-likeness (QED) is 0.755. The predicted octanol–water partition coefficient (Wildman–Crippen LogP) is 2.59. The van der Waals surface area contributed by atoms with Gasteiger partial charge in [-0.15, -0.1) is 11.3 Å². The number of hydrogen-bond donors (Lipinski definition) is 1. The standard InChI is InChI=1S/C16H16N4O2S/c1-12(15-3-2-8-23-15)19-16(21)9-22-14-6-4-13(5-7-14)20-11-17-10-18-20/h2-8,10-12H,9H2,1H3,(H,19,21)/t12-/m0/s1. The minimum Gasteiger partial charge on any atom is -0.484 e. The van der Waals surface area contributed by atoms with Crippen LogP contribution in [0.3, 0.4) is 0 Å². The number of carbonyl (C=O) groups excluding carboxylic acids is 1. The van der Waals surface area contributed by atoms with Crippen LogP contribution in [0.25, 0.3) is 5.69 Å². The first-order chi connectivity index (χ1) is 11.2. The van der Waals surface area contributed by atoms with Crippen LogP contribution in [0, 0.1) is 0 Å². The van der Waals surface area contributed by atoms with Gasteiger partial charge in [0.05, 0.1) is 11.7 Å². The Bertz CT molecular complexity index is 739. The second-order valence-corrected chi connectivity index (χ2v) is 5.91. The molecular weight excluding hydrogens is 312 g/mol. The van der Waals surface area contributed by atoms with Gasteiger partial charge in [-0.25, -0.2) is 9.67 Å². The van der Waals surface area contributed by atoms with E-state index in [-0.39, 0.29) is 18.6 Å². The fourth-order valence-electron chi connectivity index (χ4n) is 2.08. The Morgan fingerprint density at radius 2 is 2.17 bits per heavy atom. The van der Waals surface area contributed by atoms with Crippen LogP contribution < -0.4 is 10.1 Å². The maximum atomic E-state index is 11.9. The smallest absolute Gasteiger partial charge is 0.258 e. The van der Waals surface area contributed by atoms with E-state index in [1.54, 1.807) is 34.5 Å². The maximum absolute atomic E-state index is 11.9. The average Bonchev–Trinajstić information content (AvgIpc) is 3.26. The fraction of sp³-hybridized carbons (Fsp3) is 0.188. The Morgan fingerprint density at radius 3 is 2.83 bits per heavy atom. The van der Waals surface area contributed by atoms with E-state index in [1.807, 2.05) is 36.6 Å². The number of hydrogen-bond acceptors (Lipinski definition) is 5. The molecule has 0 fully saturated rings. The molecule has 0 unspecified atom stereocenters. The summed E-state index contributed by atoms with van der Waals surface area (Å²) in [4.78, 5) is 16.9. The summed E-state index contributed by atoms with van der Waals surface area (Å²) >= 11 is 1.62. The first-order valence-electron chi connectivity index (χ1n) is 7.13. The molecule has 2 aromatic heterocycles. The number of nitrogens with zero attached hydrogens (tertiary/aromatic N) is 3. The highest BCUT2D eigenvalue weighted by molar-refractivity contribution is 7.10. The molecule has 0 aliphatic rings. The maximum Gasteiger partial charge on any atom is 0.258 e. The molecular formula is C16H16N4O2S. The average molecular weight is 328 g/mol. The van der Waals surface area contributed by atoms with E-state index in [4.69, 9.17) is 4.74 Å². The molecule has 3 rings (SSSR count). The first-order valence-corrected chi connectivity index (χ1v) is 8.01. The largest absolute Gasteiger partial charge is 0.484 e. The van der Waals surface area contributed by atoms with Gasteiger partial charge in [0, 0.05) is 4.88 Å². The number of thiophene rings is 1. The van der Waals surface area contributed by atoms with Gasteiger partial charge in [0.1, 0.15) is 18.4 Å². The highest BCUT2D eigenvalue weighted by Gasteiger charge is 2.10. The van der Waals surface area contributed by atoms with Crippen LogP contribution in [0.2, 0.25) is 0 Å². The summed E-state index contributed by atoms with van der Waals surface area (Å²) in [7, 11) is 0. The molecule has 0 aliphatic carbocycles. The molecule has 1 aromatic carbocycles.